The Morgan fingerprint density at radius 1 is 1.15 bits per heavy atom. The Balaban J connectivity index is 2.59. The first-order valence-electron chi connectivity index (χ1n) is 6.19. The predicted molar refractivity (Wildman–Crippen MR) is 82.0 cm³/mol. The van der Waals surface area contributed by atoms with Crippen LogP contribution in [0.25, 0.3) is 20.2 Å². The minimum absolute atomic E-state index is 0.0301. The first-order valence-corrected chi connectivity index (χ1v) is 7.01. The zero-order chi connectivity index (χ0) is 14.4. The normalized spacial score (nSPS) is 11.1. The van der Waals surface area contributed by atoms with Crippen LogP contribution in [0.3, 0.4) is 0 Å². The number of hydrogen-bond acceptors (Lipinski definition) is 3. The zero-order valence-corrected chi connectivity index (χ0v) is 11.9. The van der Waals surface area contributed by atoms with Gasteiger partial charge < -0.3 is 5.11 Å². The van der Waals surface area contributed by atoms with E-state index in [0.29, 0.717) is 27.5 Å². The van der Waals surface area contributed by atoms with Gasteiger partial charge in [0.1, 0.15) is 0 Å². The Kier molecular flexibility index (Phi) is 2.83. The van der Waals surface area contributed by atoms with Gasteiger partial charge in [-0.15, -0.1) is 11.3 Å². The molecule has 0 spiro atoms. The summed E-state index contributed by atoms with van der Waals surface area (Å²) < 4.78 is 1.64. The molecule has 100 valence electrons. The predicted octanol–water partition coefficient (Wildman–Crippen LogP) is 3.73. The Morgan fingerprint density at radius 2 is 1.85 bits per heavy atom. The standard InChI is InChI=1S/C16H12O3S/c1-8-7-11-14(17)10-5-3-4-6-12(10)20-15(11)9(2)13(8)16(18)19/h3-7H,1-2H3,(H,18,19). The molecule has 0 radical (unpaired) electrons. The van der Waals surface area contributed by atoms with Crippen molar-refractivity contribution in [2.24, 2.45) is 0 Å². The van der Waals surface area contributed by atoms with Crippen LogP contribution < -0.4 is 5.43 Å². The first kappa shape index (κ1) is 12.8. The number of aryl methyl sites for hydroxylation is 2. The lowest BCUT2D eigenvalue weighted by molar-refractivity contribution is 0.0695. The molecule has 0 aliphatic heterocycles. The van der Waals surface area contributed by atoms with Gasteiger partial charge in [-0.3, -0.25) is 4.79 Å². The van der Waals surface area contributed by atoms with Crippen LogP contribution >= 0.6 is 11.3 Å². The van der Waals surface area contributed by atoms with Crippen molar-refractivity contribution in [1.82, 2.24) is 0 Å². The van der Waals surface area contributed by atoms with Crippen LogP contribution in [0, 0.1) is 13.8 Å². The average Bonchev–Trinajstić information content (AvgIpc) is 2.40. The van der Waals surface area contributed by atoms with E-state index in [1.165, 1.54) is 11.3 Å². The molecule has 0 saturated heterocycles. The lowest BCUT2D eigenvalue weighted by atomic mass is 10.00. The highest BCUT2D eigenvalue weighted by Gasteiger charge is 2.16. The van der Waals surface area contributed by atoms with E-state index < -0.39 is 5.97 Å². The summed E-state index contributed by atoms with van der Waals surface area (Å²) in [6.45, 7) is 3.50. The maximum absolute atomic E-state index is 12.5. The van der Waals surface area contributed by atoms with Crippen LogP contribution in [0.15, 0.2) is 35.1 Å². The van der Waals surface area contributed by atoms with Crippen LogP contribution in [0.2, 0.25) is 0 Å². The van der Waals surface area contributed by atoms with E-state index in [1.54, 1.807) is 19.9 Å². The van der Waals surface area contributed by atoms with Gasteiger partial charge in [0.2, 0.25) is 0 Å². The maximum Gasteiger partial charge on any atom is 0.336 e. The first-order chi connectivity index (χ1) is 9.50. The van der Waals surface area contributed by atoms with Gasteiger partial charge in [-0.1, -0.05) is 12.1 Å². The van der Waals surface area contributed by atoms with E-state index in [9.17, 15) is 14.7 Å². The molecule has 0 unspecified atom stereocenters. The molecule has 1 N–H and O–H groups in total. The summed E-state index contributed by atoms with van der Waals surface area (Å²) in [5.74, 6) is -0.949. The molecule has 0 saturated carbocycles. The number of carboxylic acids is 1. The van der Waals surface area contributed by atoms with Gasteiger partial charge in [-0.2, -0.15) is 0 Å². The average molecular weight is 284 g/mol. The highest BCUT2D eigenvalue weighted by molar-refractivity contribution is 7.24. The van der Waals surface area contributed by atoms with Gasteiger partial charge in [-0.05, 0) is 43.2 Å². The van der Waals surface area contributed by atoms with Crippen LogP contribution in [-0.4, -0.2) is 11.1 Å². The maximum atomic E-state index is 12.5. The van der Waals surface area contributed by atoms with E-state index in [2.05, 4.69) is 0 Å². The molecule has 3 rings (SSSR count). The second kappa shape index (κ2) is 4.42. The van der Waals surface area contributed by atoms with Crippen molar-refractivity contribution in [3.63, 3.8) is 0 Å². The molecule has 0 amide bonds. The van der Waals surface area contributed by atoms with Crippen LogP contribution in [0.4, 0.5) is 0 Å². The molecular formula is C16H12O3S. The fourth-order valence-electron chi connectivity index (χ4n) is 2.59. The molecule has 0 fully saturated rings. The summed E-state index contributed by atoms with van der Waals surface area (Å²) in [6.07, 6.45) is 0. The van der Waals surface area contributed by atoms with E-state index in [-0.39, 0.29) is 5.43 Å². The van der Waals surface area contributed by atoms with Gasteiger partial charge >= 0.3 is 5.97 Å². The third-order valence-electron chi connectivity index (χ3n) is 3.52. The summed E-state index contributed by atoms with van der Waals surface area (Å²) >= 11 is 1.47. The summed E-state index contributed by atoms with van der Waals surface area (Å²) in [5.41, 5.74) is 1.56. The van der Waals surface area contributed by atoms with Gasteiger partial charge in [0.15, 0.2) is 5.43 Å². The van der Waals surface area contributed by atoms with E-state index >= 15 is 0 Å². The number of hydrogen-bond donors (Lipinski definition) is 1. The molecule has 0 atom stereocenters. The highest BCUT2D eigenvalue weighted by atomic mass is 32.1. The minimum atomic E-state index is -0.949. The lowest BCUT2D eigenvalue weighted by Crippen LogP contribution is -2.07. The molecule has 3 aromatic rings. The minimum Gasteiger partial charge on any atom is -0.478 e. The molecule has 0 aliphatic rings. The summed E-state index contributed by atoms with van der Waals surface area (Å²) in [7, 11) is 0. The van der Waals surface area contributed by atoms with E-state index in [1.807, 2.05) is 24.3 Å². The second-order valence-electron chi connectivity index (χ2n) is 4.80. The summed E-state index contributed by atoms with van der Waals surface area (Å²) in [4.78, 5) is 23.9. The van der Waals surface area contributed by atoms with Crippen LogP contribution in [-0.2, 0) is 0 Å². The SMILES string of the molecule is Cc1cc2c(=O)c3ccccc3sc2c(C)c1C(=O)O. The van der Waals surface area contributed by atoms with Crippen molar-refractivity contribution in [3.8, 4) is 0 Å². The van der Waals surface area contributed by atoms with Crippen molar-refractivity contribution in [1.29, 1.82) is 0 Å². The fourth-order valence-corrected chi connectivity index (χ4v) is 3.75. The van der Waals surface area contributed by atoms with Crippen molar-refractivity contribution in [2.75, 3.05) is 0 Å². The van der Waals surface area contributed by atoms with Gasteiger partial charge in [0.05, 0.1) is 5.56 Å². The summed E-state index contributed by atoms with van der Waals surface area (Å²) in [5, 5.41) is 10.6. The van der Waals surface area contributed by atoms with E-state index in [4.69, 9.17) is 0 Å². The Bertz CT molecular complexity index is 922. The lowest BCUT2D eigenvalue weighted by Gasteiger charge is -2.09. The number of benzene rings is 2. The van der Waals surface area contributed by atoms with Crippen molar-refractivity contribution in [2.45, 2.75) is 13.8 Å². The number of rotatable bonds is 1. The molecule has 1 aromatic heterocycles. The van der Waals surface area contributed by atoms with Crippen LogP contribution in [0.5, 0.6) is 0 Å². The third kappa shape index (κ3) is 1.72. The number of aromatic carboxylic acids is 1. The largest absolute Gasteiger partial charge is 0.478 e. The topological polar surface area (TPSA) is 54.4 Å². The molecule has 1 heterocycles. The van der Waals surface area contributed by atoms with Crippen molar-refractivity contribution in [3.05, 3.63) is 57.2 Å². The Labute approximate surface area is 119 Å². The molecule has 2 aromatic carbocycles. The van der Waals surface area contributed by atoms with Gasteiger partial charge in [-0.25, -0.2) is 4.79 Å². The molecular weight excluding hydrogens is 272 g/mol. The van der Waals surface area contributed by atoms with Crippen LogP contribution in [0.1, 0.15) is 21.5 Å². The molecule has 3 nitrogen and oxygen atoms in total. The van der Waals surface area contributed by atoms with Gasteiger partial charge in [0, 0.05) is 20.2 Å². The molecule has 20 heavy (non-hydrogen) atoms. The quantitative estimate of drug-likeness (QED) is 0.693. The number of carboxylic acid groups (broad SMARTS) is 1. The number of carbonyl (C=O) groups is 1. The molecule has 0 bridgehead atoms. The third-order valence-corrected chi connectivity index (χ3v) is 4.82. The second-order valence-corrected chi connectivity index (χ2v) is 5.85. The zero-order valence-electron chi connectivity index (χ0n) is 11.1. The fraction of sp³-hybridized carbons (Fsp3) is 0.125. The molecule has 0 aliphatic carbocycles. The Morgan fingerprint density at radius 3 is 2.55 bits per heavy atom. The highest BCUT2D eigenvalue weighted by Crippen LogP contribution is 2.30. The number of fused-ring (bicyclic) bond motifs is 2. The Hall–Kier alpha value is -2.20. The monoisotopic (exact) mass is 284 g/mol. The van der Waals surface area contributed by atoms with E-state index in [0.717, 1.165) is 9.40 Å². The molecule has 4 heteroatoms. The van der Waals surface area contributed by atoms with Crippen molar-refractivity contribution < 1.29 is 9.90 Å². The van der Waals surface area contributed by atoms with Gasteiger partial charge in [0.25, 0.3) is 0 Å². The van der Waals surface area contributed by atoms with Crippen molar-refractivity contribution >= 4 is 37.5 Å². The summed E-state index contributed by atoms with van der Waals surface area (Å²) in [6, 6.07) is 9.11. The smallest absolute Gasteiger partial charge is 0.336 e.